The topological polar surface area (TPSA) is 43.3 Å². The SMILES string of the molecule is Cc1nc(Cc2ccccc2N)n2ccccc12. The summed E-state index contributed by atoms with van der Waals surface area (Å²) in [5.74, 6) is 1.03. The number of hydrogen-bond donors (Lipinski definition) is 1. The van der Waals surface area contributed by atoms with E-state index in [1.807, 2.05) is 43.5 Å². The Bertz CT molecular complexity index is 698. The van der Waals surface area contributed by atoms with Crippen molar-refractivity contribution in [2.75, 3.05) is 5.73 Å². The van der Waals surface area contributed by atoms with Gasteiger partial charge in [0.2, 0.25) is 0 Å². The van der Waals surface area contributed by atoms with Crippen molar-refractivity contribution in [3.63, 3.8) is 0 Å². The van der Waals surface area contributed by atoms with Crippen LogP contribution in [0.2, 0.25) is 0 Å². The van der Waals surface area contributed by atoms with E-state index in [4.69, 9.17) is 5.73 Å². The van der Waals surface area contributed by atoms with E-state index in [0.29, 0.717) is 0 Å². The molecule has 0 bridgehead atoms. The molecule has 18 heavy (non-hydrogen) atoms. The van der Waals surface area contributed by atoms with Crippen LogP contribution in [0.5, 0.6) is 0 Å². The number of aromatic nitrogens is 2. The van der Waals surface area contributed by atoms with Gasteiger partial charge in [0.25, 0.3) is 0 Å². The first-order chi connectivity index (χ1) is 8.75. The summed E-state index contributed by atoms with van der Waals surface area (Å²) < 4.78 is 2.13. The number of nitrogens with two attached hydrogens (primary N) is 1. The zero-order valence-corrected chi connectivity index (χ0v) is 10.3. The Hall–Kier alpha value is -2.29. The molecule has 2 aromatic heterocycles. The number of nitrogens with zero attached hydrogens (tertiary/aromatic N) is 2. The summed E-state index contributed by atoms with van der Waals surface area (Å²) in [5, 5.41) is 0. The molecule has 0 atom stereocenters. The van der Waals surface area contributed by atoms with Gasteiger partial charge < -0.3 is 10.1 Å². The average Bonchev–Trinajstić information content (AvgIpc) is 2.70. The number of aryl methyl sites for hydroxylation is 1. The van der Waals surface area contributed by atoms with Gasteiger partial charge in [0.15, 0.2) is 0 Å². The number of fused-ring (bicyclic) bond motifs is 1. The van der Waals surface area contributed by atoms with Crippen LogP contribution in [-0.2, 0) is 6.42 Å². The van der Waals surface area contributed by atoms with Gasteiger partial charge in [-0.15, -0.1) is 0 Å². The van der Waals surface area contributed by atoms with Gasteiger partial charge in [-0.1, -0.05) is 24.3 Å². The second-order valence-corrected chi connectivity index (χ2v) is 4.44. The van der Waals surface area contributed by atoms with Crippen LogP contribution in [0, 0.1) is 6.92 Å². The number of benzene rings is 1. The summed E-state index contributed by atoms with van der Waals surface area (Å²) in [6.45, 7) is 2.03. The number of hydrogen-bond acceptors (Lipinski definition) is 2. The lowest BCUT2D eigenvalue weighted by Crippen LogP contribution is -1.99. The summed E-state index contributed by atoms with van der Waals surface area (Å²) in [5.41, 5.74) is 10.1. The molecule has 0 aliphatic carbocycles. The van der Waals surface area contributed by atoms with Crippen LogP contribution in [0.4, 0.5) is 5.69 Å². The Kier molecular flexibility index (Phi) is 2.52. The fraction of sp³-hybridized carbons (Fsp3) is 0.133. The van der Waals surface area contributed by atoms with Gasteiger partial charge in [0.1, 0.15) is 5.82 Å². The number of nitrogen functional groups attached to an aromatic ring is 1. The highest BCUT2D eigenvalue weighted by atomic mass is 15.0. The molecule has 3 rings (SSSR count). The molecule has 0 radical (unpaired) electrons. The Balaban J connectivity index is 2.08. The lowest BCUT2D eigenvalue weighted by atomic mass is 10.1. The molecular weight excluding hydrogens is 222 g/mol. The van der Waals surface area contributed by atoms with Crippen LogP contribution >= 0.6 is 0 Å². The summed E-state index contributed by atoms with van der Waals surface area (Å²) >= 11 is 0. The largest absolute Gasteiger partial charge is 0.398 e. The Morgan fingerprint density at radius 2 is 1.89 bits per heavy atom. The quantitative estimate of drug-likeness (QED) is 0.696. The molecule has 3 nitrogen and oxygen atoms in total. The van der Waals surface area contributed by atoms with Crippen LogP contribution < -0.4 is 5.73 Å². The third kappa shape index (κ3) is 1.74. The number of pyridine rings is 1. The van der Waals surface area contributed by atoms with E-state index in [1.54, 1.807) is 0 Å². The summed E-state index contributed by atoms with van der Waals surface area (Å²) in [4.78, 5) is 4.63. The van der Waals surface area contributed by atoms with Gasteiger partial charge in [-0.3, -0.25) is 0 Å². The van der Waals surface area contributed by atoms with E-state index in [1.165, 1.54) is 0 Å². The van der Waals surface area contributed by atoms with Gasteiger partial charge >= 0.3 is 0 Å². The highest BCUT2D eigenvalue weighted by Crippen LogP contribution is 2.18. The van der Waals surface area contributed by atoms with Crippen LogP contribution in [0.15, 0.2) is 48.7 Å². The molecule has 2 N–H and O–H groups in total. The molecule has 0 spiro atoms. The van der Waals surface area contributed by atoms with E-state index in [2.05, 4.69) is 21.5 Å². The first kappa shape index (κ1) is 10.8. The Morgan fingerprint density at radius 3 is 2.72 bits per heavy atom. The predicted octanol–water partition coefficient (Wildman–Crippen LogP) is 2.82. The van der Waals surface area contributed by atoms with Crippen molar-refractivity contribution in [1.82, 2.24) is 9.38 Å². The number of para-hydroxylation sites is 1. The Morgan fingerprint density at radius 1 is 1.11 bits per heavy atom. The van der Waals surface area contributed by atoms with E-state index < -0.39 is 0 Å². The molecule has 2 heterocycles. The minimum Gasteiger partial charge on any atom is -0.398 e. The number of imidazole rings is 1. The lowest BCUT2D eigenvalue weighted by Gasteiger charge is -2.04. The predicted molar refractivity (Wildman–Crippen MR) is 73.6 cm³/mol. The zero-order chi connectivity index (χ0) is 12.5. The molecule has 0 amide bonds. The smallest absolute Gasteiger partial charge is 0.118 e. The van der Waals surface area contributed by atoms with E-state index in [9.17, 15) is 0 Å². The van der Waals surface area contributed by atoms with Crippen molar-refractivity contribution in [2.24, 2.45) is 0 Å². The maximum Gasteiger partial charge on any atom is 0.118 e. The summed E-state index contributed by atoms with van der Waals surface area (Å²) in [6, 6.07) is 14.1. The van der Waals surface area contributed by atoms with Gasteiger partial charge in [-0.2, -0.15) is 0 Å². The van der Waals surface area contributed by atoms with Crippen molar-refractivity contribution in [3.05, 3.63) is 65.7 Å². The molecule has 0 aliphatic rings. The minimum absolute atomic E-state index is 0.756. The van der Waals surface area contributed by atoms with E-state index >= 15 is 0 Å². The third-order valence-electron chi connectivity index (χ3n) is 3.21. The van der Waals surface area contributed by atoms with Crippen molar-refractivity contribution in [3.8, 4) is 0 Å². The fourth-order valence-electron chi connectivity index (χ4n) is 2.26. The van der Waals surface area contributed by atoms with E-state index in [-0.39, 0.29) is 0 Å². The molecule has 0 unspecified atom stereocenters. The lowest BCUT2D eigenvalue weighted by molar-refractivity contribution is 0.958. The highest BCUT2D eigenvalue weighted by molar-refractivity contribution is 5.54. The van der Waals surface area contributed by atoms with Gasteiger partial charge in [-0.25, -0.2) is 4.98 Å². The van der Waals surface area contributed by atoms with Gasteiger partial charge in [-0.05, 0) is 30.7 Å². The first-order valence-corrected chi connectivity index (χ1v) is 6.01. The van der Waals surface area contributed by atoms with Crippen molar-refractivity contribution in [2.45, 2.75) is 13.3 Å². The minimum atomic E-state index is 0.756. The second kappa shape index (κ2) is 4.18. The number of rotatable bonds is 2. The van der Waals surface area contributed by atoms with Crippen LogP contribution in [0.1, 0.15) is 17.1 Å². The van der Waals surface area contributed by atoms with Crippen LogP contribution in [0.25, 0.3) is 5.52 Å². The van der Waals surface area contributed by atoms with Crippen molar-refractivity contribution in [1.29, 1.82) is 0 Å². The standard InChI is InChI=1S/C15H15N3/c1-11-14-8-4-5-9-18(14)15(17-11)10-12-6-2-3-7-13(12)16/h2-9H,10,16H2,1H3. The van der Waals surface area contributed by atoms with Crippen LogP contribution in [-0.4, -0.2) is 9.38 Å². The molecule has 0 saturated heterocycles. The maximum absolute atomic E-state index is 5.98. The van der Waals surface area contributed by atoms with E-state index in [0.717, 1.165) is 34.7 Å². The number of anilines is 1. The molecular formula is C15H15N3. The molecule has 3 heteroatoms. The molecule has 1 aromatic carbocycles. The zero-order valence-electron chi connectivity index (χ0n) is 10.3. The normalized spacial score (nSPS) is 10.9. The van der Waals surface area contributed by atoms with Crippen LogP contribution in [0.3, 0.4) is 0 Å². The average molecular weight is 237 g/mol. The maximum atomic E-state index is 5.98. The van der Waals surface area contributed by atoms with Crippen molar-refractivity contribution < 1.29 is 0 Å². The molecule has 0 aliphatic heterocycles. The first-order valence-electron chi connectivity index (χ1n) is 6.01. The Labute approximate surface area is 106 Å². The monoisotopic (exact) mass is 237 g/mol. The highest BCUT2D eigenvalue weighted by Gasteiger charge is 2.08. The second-order valence-electron chi connectivity index (χ2n) is 4.44. The molecule has 90 valence electrons. The van der Waals surface area contributed by atoms with Gasteiger partial charge in [0.05, 0.1) is 11.2 Å². The summed E-state index contributed by atoms with van der Waals surface area (Å²) in [7, 11) is 0. The van der Waals surface area contributed by atoms with Crippen molar-refractivity contribution >= 4 is 11.2 Å². The molecule has 0 fully saturated rings. The summed E-state index contributed by atoms with van der Waals surface area (Å²) in [6.07, 6.45) is 2.80. The fourth-order valence-corrected chi connectivity index (χ4v) is 2.26. The third-order valence-corrected chi connectivity index (χ3v) is 3.21. The molecule has 3 aromatic rings. The molecule has 0 saturated carbocycles. The van der Waals surface area contributed by atoms with Gasteiger partial charge in [0, 0.05) is 18.3 Å².